The van der Waals surface area contributed by atoms with Crippen molar-refractivity contribution in [2.75, 3.05) is 32.8 Å². The maximum Gasteiger partial charge on any atom is 0.338 e. The minimum absolute atomic E-state index is 0.00926. The minimum Gasteiger partial charge on any atom is -0.375 e. The van der Waals surface area contributed by atoms with Crippen LogP contribution in [0.1, 0.15) is 113 Å². The molecule has 3 rings (SSSR count). The van der Waals surface area contributed by atoms with Crippen molar-refractivity contribution in [2.45, 2.75) is 124 Å². The van der Waals surface area contributed by atoms with E-state index in [1.807, 2.05) is 27.7 Å². The molecular formula is C37H54N4O13. The van der Waals surface area contributed by atoms with Gasteiger partial charge in [-0.1, -0.05) is 0 Å². The van der Waals surface area contributed by atoms with Gasteiger partial charge in [0, 0.05) is 77.1 Å². The molecule has 0 saturated carbocycles. The first-order valence-electron chi connectivity index (χ1n) is 18.2. The van der Waals surface area contributed by atoms with Crippen LogP contribution in [0.5, 0.6) is 0 Å². The summed E-state index contributed by atoms with van der Waals surface area (Å²) in [6.45, 7) is 14.5. The highest BCUT2D eigenvalue weighted by molar-refractivity contribution is 6.13. The smallest absolute Gasteiger partial charge is 0.338 e. The molecule has 3 aliphatic rings. The molecule has 0 bridgehead atoms. The molecule has 17 nitrogen and oxygen atoms in total. The first-order valence-corrected chi connectivity index (χ1v) is 18.2. The quantitative estimate of drug-likeness (QED) is 0.155. The maximum absolute atomic E-state index is 13.5. The van der Waals surface area contributed by atoms with Gasteiger partial charge in [-0.25, -0.2) is 9.59 Å². The highest BCUT2D eigenvalue weighted by Gasteiger charge is 2.40. The van der Waals surface area contributed by atoms with Crippen LogP contribution in [-0.2, 0) is 62.3 Å². The fraction of sp³-hybridized carbons (Fsp3) is 0.703. The molecule has 0 N–H and O–H groups in total. The fourth-order valence-electron chi connectivity index (χ4n) is 5.43. The third-order valence-electron chi connectivity index (χ3n) is 9.67. The summed E-state index contributed by atoms with van der Waals surface area (Å²) in [7, 11) is 0. The molecule has 0 aromatic carbocycles. The van der Waals surface area contributed by atoms with Crippen molar-refractivity contribution >= 4 is 53.3 Å². The first kappa shape index (κ1) is 43.9. The predicted octanol–water partition coefficient (Wildman–Crippen LogP) is 2.55. The van der Waals surface area contributed by atoms with Crippen molar-refractivity contribution in [1.82, 2.24) is 19.9 Å². The third kappa shape index (κ3) is 12.3. The zero-order chi connectivity index (χ0) is 40.6. The van der Waals surface area contributed by atoms with Crippen molar-refractivity contribution in [1.29, 1.82) is 0 Å². The van der Waals surface area contributed by atoms with Crippen molar-refractivity contribution < 1.29 is 62.3 Å². The van der Waals surface area contributed by atoms with Gasteiger partial charge in [0.2, 0.25) is 5.91 Å². The van der Waals surface area contributed by atoms with Crippen LogP contribution in [0.4, 0.5) is 0 Å². The van der Waals surface area contributed by atoms with Gasteiger partial charge in [-0.2, -0.15) is 0 Å². The molecule has 2 fully saturated rings. The number of amides is 7. The lowest BCUT2D eigenvalue weighted by atomic mass is 9.90. The molecule has 54 heavy (non-hydrogen) atoms. The van der Waals surface area contributed by atoms with Gasteiger partial charge in [0.15, 0.2) is 0 Å². The van der Waals surface area contributed by atoms with Crippen LogP contribution in [0.15, 0.2) is 12.2 Å². The second-order valence-corrected chi connectivity index (χ2v) is 16.2. The van der Waals surface area contributed by atoms with Gasteiger partial charge < -0.3 is 24.0 Å². The molecule has 3 heterocycles. The van der Waals surface area contributed by atoms with E-state index >= 15 is 0 Å². The number of imide groups is 3. The molecule has 7 amide bonds. The van der Waals surface area contributed by atoms with Crippen LogP contribution >= 0.6 is 0 Å². The van der Waals surface area contributed by atoms with Crippen LogP contribution in [-0.4, -0.2) is 117 Å². The summed E-state index contributed by atoms with van der Waals surface area (Å²) in [5.74, 6) is -5.01. The molecule has 0 aliphatic carbocycles. The lowest BCUT2D eigenvalue weighted by Crippen LogP contribution is -2.42. The van der Waals surface area contributed by atoms with E-state index in [2.05, 4.69) is 0 Å². The number of rotatable bonds is 21. The Bertz CT molecular complexity index is 1410. The molecule has 0 radical (unpaired) electrons. The summed E-state index contributed by atoms with van der Waals surface area (Å²) in [4.78, 5) is 124. The molecule has 0 atom stereocenters. The highest BCUT2D eigenvalue weighted by atomic mass is 16.7. The van der Waals surface area contributed by atoms with E-state index in [1.165, 1.54) is 0 Å². The zero-order valence-electron chi connectivity index (χ0n) is 32.7. The van der Waals surface area contributed by atoms with Crippen LogP contribution in [0.25, 0.3) is 0 Å². The minimum atomic E-state index is -1.08. The van der Waals surface area contributed by atoms with Gasteiger partial charge in [-0.05, 0) is 81.1 Å². The lowest BCUT2D eigenvalue weighted by Gasteiger charge is -2.34. The van der Waals surface area contributed by atoms with E-state index in [4.69, 9.17) is 19.1 Å². The van der Waals surface area contributed by atoms with Gasteiger partial charge in [-0.3, -0.25) is 38.5 Å². The maximum atomic E-state index is 13.5. The second kappa shape index (κ2) is 17.8. The van der Waals surface area contributed by atoms with Gasteiger partial charge in [0.05, 0.1) is 22.0 Å². The summed E-state index contributed by atoms with van der Waals surface area (Å²) in [6.07, 6.45) is 3.37. The molecule has 300 valence electrons. The first-order chi connectivity index (χ1) is 24.9. The molecule has 17 heteroatoms. The summed E-state index contributed by atoms with van der Waals surface area (Å²) in [6, 6.07) is 0. The molecule has 2 saturated heterocycles. The number of ether oxygens (including phenoxy) is 2. The molecule has 0 aromatic rings. The van der Waals surface area contributed by atoms with Crippen LogP contribution in [0.3, 0.4) is 0 Å². The lowest BCUT2D eigenvalue weighted by molar-refractivity contribution is -0.205. The Balaban J connectivity index is 1.55. The third-order valence-corrected chi connectivity index (χ3v) is 9.67. The van der Waals surface area contributed by atoms with Gasteiger partial charge in [0.1, 0.15) is 0 Å². The van der Waals surface area contributed by atoms with E-state index in [0.717, 1.165) is 17.1 Å². The molecule has 3 aliphatic heterocycles. The summed E-state index contributed by atoms with van der Waals surface area (Å²) in [5.41, 5.74) is -3.68. The molecular weight excluding hydrogens is 708 g/mol. The Labute approximate surface area is 315 Å². The van der Waals surface area contributed by atoms with Crippen molar-refractivity contribution in [2.24, 2.45) is 10.8 Å². The van der Waals surface area contributed by atoms with Crippen molar-refractivity contribution in [3.63, 3.8) is 0 Å². The van der Waals surface area contributed by atoms with Gasteiger partial charge in [0.25, 0.3) is 35.4 Å². The normalized spacial score (nSPS) is 17.0. The summed E-state index contributed by atoms with van der Waals surface area (Å²) < 4.78 is 12.3. The van der Waals surface area contributed by atoms with Crippen LogP contribution < -0.4 is 0 Å². The Morgan fingerprint density at radius 2 is 0.944 bits per heavy atom. The molecule has 0 unspecified atom stereocenters. The second-order valence-electron chi connectivity index (χ2n) is 16.2. The molecule has 0 aromatic heterocycles. The van der Waals surface area contributed by atoms with E-state index in [1.54, 1.807) is 32.6 Å². The van der Waals surface area contributed by atoms with Gasteiger partial charge >= 0.3 is 11.9 Å². The van der Waals surface area contributed by atoms with Crippen LogP contribution in [0, 0.1) is 10.8 Å². The topological polar surface area (TPSA) is 204 Å². The molecule has 0 spiro atoms. The fourth-order valence-corrected chi connectivity index (χ4v) is 5.43. The average Bonchev–Trinajstić information content (AvgIpc) is 3.69. The number of hydroxylamine groups is 4. The monoisotopic (exact) mass is 762 g/mol. The number of carbonyl (C=O) groups is 9. The van der Waals surface area contributed by atoms with E-state index in [9.17, 15) is 43.2 Å². The summed E-state index contributed by atoms with van der Waals surface area (Å²) >= 11 is 0. The van der Waals surface area contributed by atoms with E-state index in [0.29, 0.717) is 23.0 Å². The average molecular weight is 763 g/mol. The van der Waals surface area contributed by atoms with Crippen molar-refractivity contribution in [3.8, 4) is 0 Å². The number of hydrogen-bond acceptors (Lipinski definition) is 13. The number of hydrogen-bond donors (Lipinski definition) is 0. The van der Waals surface area contributed by atoms with Crippen molar-refractivity contribution in [3.05, 3.63) is 12.2 Å². The zero-order valence-corrected chi connectivity index (χ0v) is 32.7. The Morgan fingerprint density at radius 3 is 1.30 bits per heavy atom. The number of nitrogens with zero attached hydrogens (tertiary/aromatic N) is 4. The van der Waals surface area contributed by atoms with E-state index in [-0.39, 0.29) is 83.7 Å². The Morgan fingerprint density at radius 1 is 0.593 bits per heavy atom. The highest BCUT2D eigenvalue weighted by Crippen LogP contribution is 2.28. The summed E-state index contributed by atoms with van der Waals surface area (Å²) in [5, 5.41) is 1.03. The van der Waals surface area contributed by atoms with Crippen LogP contribution in [0.2, 0.25) is 0 Å². The van der Waals surface area contributed by atoms with E-state index < -0.39 is 69.4 Å². The van der Waals surface area contributed by atoms with Gasteiger partial charge in [-0.15, -0.1) is 10.1 Å². The predicted molar refractivity (Wildman–Crippen MR) is 188 cm³/mol. The largest absolute Gasteiger partial charge is 0.375 e. The SMILES string of the molecule is CC(C)(CCN(CCC(C)(C)OCCC(C)(C)C(=O)ON1C(=O)CCC1=O)C(=O)CCN1C(=O)C=CC1=O)OCCC(C)(C)C(=O)ON1C(=O)CCC1=O. The number of carbonyl (C=O) groups excluding carboxylic acids is 9. The Hall–Kier alpha value is -4.51. The standard InChI is InChI=1S/C37H54N4O13/c1-34(2,32(49)53-40-28(45)11-12-29(40)46)18-23-51-36(5,6)16-21-38(25(42)15-20-39-26(43)9-10-27(39)44)22-17-37(7,8)52-24-19-35(3,4)33(50)54-41-30(47)13-14-31(41)48/h9-10H,11-24H2,1-8H3. The Kier molecular flexibility index (Phi) is 14.4.